The van der Waals surface area contributed by atoms with Crippen molar-refractivity contribution in [2.75, 3.05) is 19.6 Å². The van der Waals surface area contributed by atoms with Crippen molar-refractivity contribution in [3.8, 4) is 0 Å². The van der Waals surface area contributed by atoms with E-state index in [-0.39, 0.29) is 18.4 Å². The summed E-state index contributed by atoms with van der Waals surface area (Å²) in [5.41, 5.74) is 1.08. The normalized spacial score (nSPS) is 21.3. The van der Waals surface area contributed by atoms with E-state index in [4.69, 9.17) is 4.52 Å². The number of carbonyl (C=O) groups is 1. The summed E-state index contributed by atoms with van der Waals surface area (Å²) in [6.45, 7) is 6.39. The number of hydrogen-bond donors (Lipinski definition) is 0. The molecule has 0 aliphatic carbocycles. The van der Waals surface area contributed by atoms with E-state index in [1.807, 2.05) is 15.6 Å². The summed E-state index contributed by atoms with van der Waals surface area (Å²) >= 11 is 0. The summed E-state index contributed by atoms with van der Waals surface area (Å²) in [5, 5.41) is 8.17. The third-order valence-electron chi connectivity index (χ3n) is 5.11. The Morgan fingerprint density at radius 2 is 2.16 bits per heavy atom. The molecule has 0 bridgehead atoms. The number of carbonyl (C=O) groups excluding carboxylic acids is 1. The summed E-state index contributed by atoms with van der Waals surface area (Å²) in [6, 6.07) is 2.19. The Morgan fingerprint density at radius 1 is 1.32 bits per heavy atom. The van der Waals surface area contributed by atoms with Crippen LogP contribution in [0.15, 0.2) is 16.8 Å². The molecule has 1 atom stereocenters. The van der Waals surface area contributed by atoms with E-state index in [2.05, 4.69) is 20.1 Å². The Balaban J connectivity index is 1.53. The van der Waals surface area contributed by atoms with Crippen molar-refractivity contribution in [2.45, 2.75) is 51.7 Å². The largest absolute Gasteiger partial charge is 0.339 e. The molecule has 2 aromatic heterocycles. The summed E-state index contributed by atoms with van der Waals surface area (Å²) in [5.74, 6) is 0.994. The lowest BCUT2D eigenvalue weighted by Crippen LogP contribution is -2.46. The maximum absolute atomic E-state index is 13.0. The maximum atomic E-state index is 13.0. The van der Waals surface area contributed by atoms with Crippen molar-refractivity contribution < 1.29 is 9.32 Å². The lowest BCUT2D eigenvalue weighted by molar-refractivity contribution is -0.134. The van der Waals surface area contributed by atoms with Crippen LogP contribution in [-0.2, 0) is 24.3 Å². The Kier molecular flexibility index (Phi) is 4.52. The van der Waals surface area contributed by atoms with Crippen molar-refractivity contribution in [2.24, 2.45) is 0 Å². The minimum atomic E-state index is 0.0440. The smallest absolute Gasteiger partial charge is 0.236 e. The van der Waals surface area contributed by atoms with Crippen LogP contribution >= 0.6 is 0 Å². The minimum Gasteiger partial charge on any atom is -0.339 e. The lowest BCUT2D eigenvalue weighted by atomic mass is 10.1. The molecule has 4 heterocycles. The Morgan fingerprint density at radius 3 is 2.92 bits per heavy atom. The number of rotatable bonds is 4. The van der Waals surface area contributed by atoms with Crippen LogP contribution < -0.4 is 0 Å². The van der Waals surface area contributed by atoms with Crippen LogP contribution in [0.1, 0.15) is 36.7 Å². The fraction of sp³-hybridized carbons (Fsp3) is 0.647. The zero-order valence-electron chi connectivity index (χ0n) is 14.6. The molecule has 0 N–H and O–H groups in total. The number of nitrogens with zero attached hydrogens (tertiary/aromatic N) is 6. The monoisotopic (exact) mass is 344 g/mol. The fourth-order valence-electron chi connectivity index (χ4n) is 3.81. The Labute approximate surface area is 146 Å². The molecule has 134 valence electrons. The van der Waals surface area contributed by atoms with Gasteiger partial charge in [-0.2, -0.15) is 10.1 Å². The van der Waals surface area contributed by atoms with Crippen molar-refractivity contribution in [3.63, 3.8) is 0 Å². The van der Waals surface area contributed by atoms with Gasteiger partial charge in [0.25, 0.3) is 0 Å². The number of aromatic nitrogens is 4. The van der Waals surface area contributed by atoms with Crippen molar-refractivity contribution in [1.29, 1.82) is 0 Å². The lowest BCUT2D eigenvalue weighted by Gasteiger charge is -2.32. The first-order chi connectivity index (χ1) is 12.2. The molecule has 0 unspecified atom stereocenters. The van der Waals surface area contributed by atoms with Crippen LogP contribution in [0.3, 0.4) is 0 Å². The molecule has 2 aliphatic rings. The first-order valence-corrected chi connectivity index (χ1v) is 9.01. The molecule has 1 fully saturated rings. The standard InChI is InChI=1S/C17H24N6O2/c1-13-19-16(25-20-13)10-17(24)22-12-15-4-6-18-23(15)9-5-14(22)11-21-7-2-3-8-21/h4,6,14H,2-3,5,7-12H2,1H3/t14-/m1/s1. The second kappa shape index (κ2) is 6.95. The number of amides is 1. The van der Waals surface area contributed by atoms with Crippen LogP contribution in [0, 0.1) is 6.92 Å². The third-order valence-corrected chi connectivity index (χ3v) is 5.11. The van der Waals surface area contributed by atoms with E-state index in [1.165, 1.54) is 12.8 Å². The van der Waals surface area contributed by atoms with Gasteiger partial charge in [-0.25, -0.2) is 0 Å². The third kappa shape index (κ3) is 3.58. The first kappa shape index (κ1) is 16.3. The Bertz CT molecular complexity index is 733. The number of fused-ring (bicyclic) bond motifs is 1. The quantitative estimate of drug-likeness (QED) is 0.824. The number of aryl methyl sites for hydroxylation is 2. The molecule has 0 spiro atoms. The highest BCUT2D eigenvalue weighted by atomic mass is 16.5. The van der Waals surface area contributed by atoms with E-state index >= 15 is 0 Å². The van der Waals surface area contributed by atoms with Gasteiger partial charge in [-0.05, 0) is 45.3 Å². The maximum Gasteiger partial charge on any atom is 0.236 e. The fourth-order valence-corrected chi connectivity index (χ4v) is 3.81. The molecule has 0 aromatic carbocycles. The molecular weight excluding hydrogens is 320 g/mol. The van der Waals surface area contributed by atoms with Gasteiger partial charge in [0.2, 0.25) is 11.8 Å². The van der Waals surface area contributed by atoms with Crippen LogP contribution in [0.2, 0.25) is 0 Å². The average molecular weight is 344 g/mol. The minimum absolute atomic E-state index is 0.0440. The first-order valence-electron chi connectivity index (χ1n) is 9.01. The van der Waals surface area contributed by atoms with E-state index < -0.39 is 0 Å². The van der Waals surface area contributed by atoms with E-state index in [0.29, 0.717) is 18.3 Å². The van der Waals surface area contributed by atoms with E-state index in [0.717, 1.165) is 38.3 Å². The van der Waals surface area contributed by atoms with E-state index in [1.54, 1.807) is 13.1 Å². The van der Waals surface area contributed by atoms with Crippen LogP contribution in [0.25, 0.3) is 0 Å². The van der Waals surface area contributed by atoms with Crippen molar-refractivity contribution in [1.82, 2.24) is 29.7 Å². The molecule has 1 saturated heterocycles. The van der Waals surface area contributed by atoms with Gasteiger partial charge < -0.3 is 14.3 Å². The highest BCUT2D eigenvalue weighted by molar-refractivity contribution is 5.78. The van der Waals surface area contributed by atoms with Crippen LogP contribution in [0.5, 0.6) is 0 Å². The highest BCUT2D eigenvalue weighted by Crippen LogP contribution is 2.21. The van der Waals surface area contributed by atoms with Gasteiger partial charge in [0.1, 0.15) is 6.42 Å². The highest BCUT2D eigenvalue weighted by Gasteiger charge is 2.31. The zero-order chi connectivity index (χ0) is 17.2. The molecule has 1 amide bonds. The van der Waals surface area contributed by atoms with E-state index in [9.17, 15) is 4.79 Å². The summed E-state index contributed by atoms with van der Waals surface area (Å²) in [7, 11) is 0. The van der Waals surface area contributed by atoms with Crippen LogP contribution in [0.4, 0.5) is 0 Å². The molecular formula is C17H24N6O2. The second-order valence-electron chi connectivity index (χ2n) is 6.93. The molecule has 8 nitrogen and oxygen atoms in total. The molecule has 2 aliphatic heterocycles. The van der Waals surface area contributed by atoms with Crippen LogP contribution in [-0.4, -0.2) is 61.3 Å². The molecule has 4 rings (SSSR count). The van der Waals surface area contributed by atoms with Crippen molar-refractivity contribution >= 4 is 5.91 Å². The number of hydrogen-bond acceptors (Lipinski definition) is 6. The Hall–Kier alpha value is -2.22. The van der Waals surface area contributed by atoms with Gasteiger partial charge >= 0.3 is 0 Å². The second-order valence-corrected chi connectivity index (χ2v) is 6.93. The number of likely N-dealkylation sites (tertiary alicyclic amines) is 1. The van der Waals surface area contributed by atoms with Gasteiger partial charge in [-0.1, -0.05) is 5.16 Å². The zero-order valence-corrected chi connectivity index (χ0v) is 14.6. The summed E-state index contributed by atoms with van der Waals surface area (Å²) in [6.07, 6.45) is 5.39. The SMILES string of the molecule is Cc1noc(CC(=O)N2Cc3ccnn3CC[C@@H]2CN2CCCC2)n1. The van der Waals surface area contributed by atoms with Gasteiger partial charge in [0.15, 0.2) is 5.82 Å². The van der Waals surface area contributed by atoms with Crippen molar-refractivity contribution in [3.05, 3.63) is 29.7 Å². The van der Waals surface area contributed by atoms with Gasteiger partial charge in [-0.15, -0.1) is 0 Å². The predicted molar refractivity (Wildman–Crippen MR) is 89.6 cm³/mol. The summed E-state index contributed by atoms with van der Waals surface area (Å²) < 4.78 is 7.16. The van der Waals surface area contributed by atoms with Gasteiger partial charge in [0.05, 0.1) is 12.2 Å². The molecule has 0 saturated carbocycles. The summed E-state index contributed by atoms with van der Waals surface area (Å²) in [4.78, 5) is 21.6. The molecule has 2 aromatic rings. The predicted octanol–water partition coefficient (Wildman–Crippen LogP) is 1.01. The molecule has 25 heavy (non-hydrogen) atoms. The average Bonchev–Trinajstić information content (AvgIpc) is 3.31. The topological polar surface area (TPSA) is 80.3 Å². The van der Waals surface area contributed by atoms with Gasteiger partial charge in [-0.3, -0.25) is 9.48 Å². The molecule has 0 radical (unpaired) electrons. The van der Waals surface area contributed by atoms with Gasteiger partial charge in [0, 0.05) is 25.3 Å². The molecule has 8 heteroatoms.